The second-order valence-electron chi connectivity index (χ2n) is 7.31. The van der Waals surface area contributed by atoms with Gasteiger partial charge in [0.2, 0.25) is 10.0 Å². The normalized spacial score (nSPS) is 25.1. The number of piperazine rings is 1. The van der Waals surface area contributed by atoms with Gasteiger partial charge in [-0.25, -0.2) is 17.6 Å². The Morgan fingerprint density at radius 2 is 1.63 bits per heavy atom. The lowest BCUT2D eigenvalue weighted by Gasteiger charge is -2.34. The van der Waals surface area contributed by atoms with Crippen molar-refractivity contribution < 1.29 is 22.4 Å². The minimum atomic E-state index is -3.84. The number of fused-ring (bicyclic) bond motifs is 1. The van der Waals surface area contributed by atoms with Crippen molar-refractivity contribution in [3.8, 4) is 0 Å². The van der Waals surface area contributed by atoms with Gasteiger partial charge in [0.05, 0.1) is 4.90 Å². The molecular formula is C18H22FN3O4S. The second kappa shape index (κ2) is 6.87. The molecule has 3 fully saturated rings. The Morgan fingerprint density at radius 1 is 0.963 bits per heavy atom. The van der Waals surface area contributed by atoms with Crippen molar-refractivity contribution in [1.29, 1.82) is 0 Å². The van der Waals surface area contributed by atoms with Gasteiger partial charge in [-0.15, -0.1) is 0 Å². The summed E-state index contributed by atoms with van der Waals surface area (Å²) in [6.45, 7) is 0.236. The van der Waals surface area contributed by atoms with Crippen molar-refractivity contribution >= 4 is 22.0 Å². The van der Waals surface area contributed by atoms with E-state index in [0.717, 1.165) is 44.2 Å². The summed E-state index contributed by atoms with van der Waals surface area (Å²) in [7, 11) is -3.84. The van der Waals surface area contributed by atoms with Gasteiger partial charge in [-0.1, -0.05) is 19.3 Å². The minimum Gasteiger partial charge on any atom is -0.310 e. The first-order valence-corrected chi connectivity index (χ1v) is 10.7. The first-order valence-electron chi connectivity index (χ1n) is 9.29. The van der Waals surface area contributed by atoms with Crippen LogP contribution in [0.2, 0.25) is 0 Å². The van der Waals surface area contributed by atoms with E-state index in [1.165, 1.54) is 26.2 Å². The maximum absolute atomic E-state index is 13.1. The molecule has 0 spiro atoms. The number of halogens is 1. The number of benzene rings is 1. The van der Waals surface area contributed by atoms with E-state index in [2.05, 4.69) is 0 Å². The van der Waals surface area contributed by atoms with Crippen LogP contribution in [0.4, 0.5) is 9.18 Å². The molecule has 2 heterocycles. The van der Waals surface area contributed by atoms with Gasteiger partial charge >= 0.3 is 6.03 Å². The summed E-state index contributed by atoms with van der Waals surface area (Å²) in [4.78, 5) is 28.5. The van der Waals surface area contributed by atoms with Crippen molar-refractivity contribution in [2.45, 2.75) is 49.1 Å². The van der Waals surface area contributed by atoms with E-state index in [1.54, 1.807) is 0 Å². The van der Waals surface area contributed by atoms with Crippen LogP contribution in [0.5, 0.6) is 0 Å². The second-order valence-corrected chi connectivity index (χ2v) is 9.25. The molecule has 0 aromatic heterocycles. The standard InChI is InChI=1S/C18H22FN3O4S/c19-13-6-8-15(9-7-13)27(25,26)20-10-11-21-16(12-20)17(23)22(18(21)24)14-4-2-1-3-5-14/h6-9,14,16H,1-5,10-12H2/t16-/m1/s1. The number of nitrogens with zero attached hydrogens (tertiary/aromatic N) is 3. The van der Waals surface area contributed by atoms with Gasteiger partial charge < -0.3 is 4.90 Å². The quantitative estimate of drug-likeness (QED) is 0.731. The Morgan fingerprint density at radius 3 is 2.30 bits per heavy atom. The van der Waals surface area contributed by atoms with Crippen molar-refractivity contribution in [3.05, 3.63) is 30.1 Å². The van der Waals surface area contributed by atoms with Gasteiger partial charge in [-0.3, -0.25) is 9.69 Å². The average Bonchev–Trinajstić information content (AvgIpc) is 2.93. The lowest BCUT2D eigenvalue weighted by Crippen LogP contribution is -2.54. The molecule has 146 valence electrons. The number of imide groups is 1. The number of amides is 3. The van der Waals surface area contributed by atoms with Gasteiger partial charge in [0.1, 0.15) is 11.9 Å². The highest BCUT2D eigenvalue weighted by Gasteiger charge is 2.51. The third-order valence-electron chi connectivity index (χ3n) is 5.71. The zero-order valence-electron chi connectivity index (χ0n) is 14.9. The molecule has 1 saturated carbocycles. The van der Waals surface area contributed by atoms with Crippen LogP contribution in [-0.4, -0.2) is 66.2 Å². The number of carbonyl (C=O) groups is 2. The topological polar surface area (TPSA) is 78.0 Å². The molecule has 7 nitrogen and oxygen atoms in total. The summed E-state index contributed by atoms with van der Waals surface area (Å²) in [5.41, 5.74) is 0. The van der Waals surface area contributed by atoms with Crippen LogP contribution in [0.25, 0.3) is 0 Å². The van der Waals surface area contributed by atoms with Crippen LogP contribution in [0.1, 0.15) is 32.1 Å². The van der Waals surface area contributed by atoms with E-state index in [1.807, 2.05) is 0 Å². The lowest BCUT2D eigenvalue weighted by molar-refractivity contribution is -0.130. The molecule has 9 heteroatoms. The Bertz CT molecular complexity index is 852. The number of hydrogen-bond donors (Lipinski definition) is 0. The van der Waals surface area contributed by atoms with Gasteiger partial charge in [-0.05, 0) is 37.1 Å². The third-order valence-corrected chi connectivity index (χ3v) is 7.59. The SMILES string of the molecule is O=C1[C@H]2CN(S(=O)(=O)c3ccc(F)cc3)CCN2C(=O)N1C1CCCCC1. The van der Waals surface area contributed by atoms with Gasteiger partial charge in [-0.2, -0.15) is 4.31 Å². The molecular weight excluding hydrogens is 373 g/mol. The van der Waals surface area contributed by atoms with E-state index < -0.39 is 21.9 Å². The summed E-state index contributed by atoms with van der Waals surface area (Å²) in [6.07, 6.45) is 4.74. The molecule has 0 N–H and O–H groups in total. The van der Waals surface area contributed by atoms with Gasteiger partial charge in [0.15, 0.2) is 0 Å². The molecule has 4 rings (SSSR count). The molecule has 0 bridgehead atoms. The molecule has 3 aliphatic rings. The number of carbonyl (C=O) groups excluding carboxylic acids is 2. The fourth-order valence-corrected chi connectivity index (χ4v) is 5.68. The molecule has 1 aromatic rings. The highest BCUT2D eigenvalue weighted by Crippen LogP contribution is 2.31. The Kier molecular flexibility index (Phi) is 4.67. The van der Waals surface area contributed by atoms with Gasteiger partial charge in [0, 0.05) is 25.7 Å². The van der Waals surface area contributed by atoms with Crippen molar-refractivity contribution in [3.63, 3.8) is 0 Å². The first kappa shape index (κ1) is 18.4. The number of rotatable bonds is 3. The average molecular weight is 395 g/mol. The molecule has 3 amide bonds. The predicted molar refractivity (Wildman–Crippen MR) is 94.8 cm³/mol. The number of urea groups is 1. The molecule has 2 aliphatic heterocycles. The maximum atomic E-state index is 13.1. The zero-order chi connectivity index (χ0) is 19.2. The Balaban J connectivity index is 1.55. The maximum Gasteiger partial charge on any atom is 0.327 e. The van der Waals surface area contributed by atoms with Crippen LogP contribution in [0, 0.1) is 5.82 Å². The smallest absolute Gasteiger partial charge is 0.310 e. The summed E-state index contributed by atoms with van der Waals surface area (Å²) in [6, 6.07) is 3.47. The summed E-state index contributed by atoms with van der Waals surface area (Å²) in [5, 5.41) is 0. The monoisotopic (exact) mass is 395 g/mol. The fourth-order valence-electron chi connectivity index (χ4n) is 4.24. The summed E-state index contributed by atoms with van der Waals surface area (Å²) in [5.74, 6) is -0.815. The molecule has 0 radical (unpaired) electrons. The van der Waals surface area contributed by atoms with E-state index in [0.29, 0.717) is 0 Å². The Hall–Kier alpha value is -2.00. The van der Waals surface area contributed by atoms with Crippen LogP contribution in [0.3, 0.4) is 0 Å². The Labute approximate surface area is 157 Å². The summed E-state index contributed by atoms with van der Waals surface area (Å²) >= 11 is 0. The van der Waals surface area contributed by atoms with E-state index >= 15 is 0 Å². The first-order chi connectivity index (χ1) is 12.9. The fraction of sp³-hybridized carbons (Fsp3) is 0.556. The largest absolute Gasteiger partial charge is 0.327 e. The molecule has 2 saturated heterocycles. The summed E-state index contributed by atoms with van der Waals surface area (Å²) < 4.78 is 40.0. The van der Waals surface area contributed by atoms with E-state index in [-0.39, 0.29) is 42.5 Å². The molecule has 27 heavy (non-hydrogen) atoms. The van der Waals surface area contributed by atoms with Crippen LogP contribution >= 0.6 is 0 Å². The van der Waals surface area contributed by atoms with Crippen molar-refractivity contribution in [2.24, 2.45) is 0 Å². The number of hydrogen-bond acceptors (Lipinski definition) is 4. The zero-order valence-corrected chi connectivity index (χ0v) is 15.7. The molecule has 0 unspecified atom stereocenters. The molecule has 1 aliphatic carbocycles. The molecule has 1 atom stereocenters. The third kappa shape index (κ3) is 3.12. The van der Waals surface area contributed by atoms with Crippen LogP contribution in [0.15, 0.2) is 29.2 Å². The molecule has 1 aromatic carbocycles. The van der Waals surface area contributed by atoms with Gasteiger partial charge in [0.25, 0.3) is 5.91 Å². The highest BCUT2D eigenvalue weighted by atomic mass is 32.2. The van der Waals surface area contributed by atoms with Crippen molar-refractivity contribution in [1.82, 2.24) is 14.1 Å². The number of sulfonamides is 1. The minimum absolute atomic E-state index is 0.0155. The van der Waals surface area contributed by atoms with E-state index in [4.69, 9.17) is 0 Å². The predicted octanol–water partition coefficient (Wildman–Crippen LogP) is 1.80. The van der Waals surface area contributed by atoms with Crippen molar-refractivity contribution in [2.75, 3.05) is 19.6 Å². The van der Waals surface area contributed by atoms with E-state index in [9.17, 15) is 22.4 Å². The highest BCUT2D eigenvalue weighted by molar-refractivity contribution is 7.89. The lowest BCUT2D eigenvalue weighted by atomic mass is 9.94. The van der Waals surface area contributed by atoms with Crippen LogP contribution in [-0.2, 0) is 14.8 Å². The van der Waals surface area contributed by atoms with Crippen LogP contribution < -0.4 is 0 Å².